The number of amides is 1. The molecule has 0 unspecified atom stereocenters. The fourth-order valence-electron chi connectivity index (χ4n) is 4.09. The van der Waals surface area contributed by atoms with Crippen molar-refractivity contribution < 1.29 is 4.79 Å². The zero-order chi connectivity index (χ0) is 19.3. The van der Waals surface area contributed by atoms with E-state index in [1.807, 2.05) is 24.0 Å². The largest absolute Gasteiger partial charge is 0.368 e. The van der Waals surface area contributed by atoms with Crippen LogP contribution in [0.25, 0.3) is 0 Å². The van der Waals surface area contributed by atoms with Crippen LogP contribution in [-0.2, 0) is 0 Å². The van der Waals surface area contributed by atoms with Crippen molar-refractivity contribution in [1.29, 1.82) is 0 Å². The molecular weight excluding hydrogens is 350 g/mol. The molecular formula is C22H29N5O. The lowest BCUT2D eigenvalue weighted by atomic mass is 10.2. The second-order valence-electron chi connectivity index (χ2n) is 7.67. The number of rotatable bonds is 3. The summed E-state index contributed by atoms with van der Waals surface area (Å²) in [5.41, 5.74) is 1.80. The van der Waals surface area contributed by atoms with Crippen molar-refractivity contribution in [3.05, 3.63) is 47.9 Å². The lowest BCUT2D eigenvalue weighted by Crippen LogP contribution is -2.47. The minimum Gasteiger partial charge on any atom is -0.368 e. The van der Waals surface area contributed by atoms with Crippen LogP contribution in [0.5, 0.6) is 0 Å². The zero-order valence-electron chi connectivity index (χ0n) is 16.7. The Morgan fingerprint density at radius 1 is 0.821 bits per heavy atom. The third-order valence-electron chi connectivity index (χ3n) is 5.66. The van der Waals surface area contributed by atoms with Crippen LogP contribution in [0.4, 0.5) is 11.5 Å². The number of hydrogen-bond donors (Lipinski definition) is 0. The highest BCUT2D eigenvalue weighted by molar-refractivity contribution is 5.93. The molecule has 2 aliphatic heterocycles. The van der Waals surface area contributed by atoms with Crippen molar-refractivity contribution >= 4 is 17.4 Å². The highest BCUT2D eigenvalue weighted by atomic mass is 16.2. The number of anilines is 2. The van der Waals surface area contributed by atoms with E-state index in [4.69, 9.17) is 0 Å². The molecule has 0 spiro atoms. The molecule has 148 valence electrons. The molecule has 3 heterocycles. The Balaban J connectivity index is 1.46. The van der Waals surface area contributed by atoms with E-state index < -0.39 is 0 Å². The van der Waals surface area contributed by atoms with Crippen molar-refractivity contribution in [3.63, 3.8) is 0 Å². The molecule has 2 fully saturated rings. The van der Waals surface area contributed by atoms with Gasteiger partial charge in [0.2, 0.25) is 0 Å². The minimum atomic E-state index is 0.0524. The van der Waals surface area contributed by atoms with Crippen LogP contribution < -0.4 is 9.80 Å². The number of carbonyl (C=O) groups is 1. The summed E-state index contributed by atoms with van der Waals surface area (Å²) in [5, 5.41) is 0. The van der Waals surface area contributed by atoms with Crippen LogP contribution >= 0.6 is 0 Å². The van der Waals surface area contributed by atoms with Crippen LogP contribution in [0.1, 0.15) is 42.0 Å². The summed E-state index contributed by atoms with van der Waals surface area (Å²) in [6.45, 7) is 7.24. The Labute approximate surface area is 167 Å². The van der Waals surface area contributed by atoms with E-state index in [-0.39, 0.29) is 5.91 Å². The van der Waals surface area contributed by atoms with Gasteiger partial charge in [-0.15, -0.1) is 0 Å². The molecule has 0 bridgehead atoms. The summed E-state index contributed by atoms with van der Waals surface area (Å²) in [6.07, 6.45) is 4.60. The molecule has 0 saturated carbocycles. The SMILES string of the molecule is Cc1nc(C(=O)N2CCCCCC2)cc(N2CCN(c3ccccc3)CC2)n1. The molecule has 2 saturated heterocycles. The molecule has 6 heteroatoms. The van der Waals surface area contributed by atoms with Crippen LogP contribution in [0.3, 0.4) is 0 Å². The number of benzene rings is 1. The summed E-state index contributed by atoms with van der Waals surface area (Å²) >= 11 is 0. The average molecular weight is 380 g/mol. The monoisotopic (exact) mass is 379 g/mol. The number of likely N-dealkylation sites (tertiary alicyclic amines) is 1. The van der Waals surface area contributed by atoms with Gasteiger partial charge in [-0.05, 0) is 31.9 Å². The molecule has 28 heavy (non-hydrogen) atoms. The first-order chi connectivity index (χ1) is 13.7. The smallest absolute Gasteiger partial charge is 0.272 e. The van der Waals surface area contributed by atoms with Crippen molar-refractivity contribution in [2.75, 3.05) is 49.1 Å². The molecule has 0 radical (unpaired) electrons. The van der Waals surface area contributed by atoms with Gasteiger partial charge in [-0.25, -0.2) is 9.97 Å². The highest BCUT2D eigenvalue weighted by Crippen LogP contribution is 2.21. The van der Waals surface area contributed by atoms with Gasteiger partial charge in [0.15, 0.2) is 0 Å². The topological polar surface area (TPSA) is 52.6 Å². The Bertz CT molecular complexity index is 794. The number of para-hydroxylation sites is 1. The van der Waals surface area contributed by atoms with E-state index in [0.717, 1.165) is 57.9 Å². The zero-order valence-corrected chi connectivity index (χ0v) is 16.7. The van der Waals surface area contributed by atoms with E-state index in [9.17, 15) is 4.79 Å². The van der Waals surface area contributed by atoms with Gasteiger partial charge < -0.3 is 14.7 Å². The van der Waals surface area contributed by atoms with Gasteiger partial charge in [0.1, 0.15) is 17.3 Å². The van der Waals surface area contributed by atoms with E-state index in [1.54, 1.807) is 0 Å². The number of nitrogens with zero attached hydrogens (tertiary/aromatic N) is 5. The Morgan fingerprint density at radius 3 is 2.14 bits per heavy atom. The molecule has 2 aliphatic rings. The number of aryl methyl sites for hydroxylation is 1. The molecule has 4 rings (SSSR count). The first-order valence-electron chi connectivity index (χ1n) is 10.4. The van der Waals surface area contributed by atoms with Crippen molar-refractivity contribution in [2.24, 2.45) is 0 Å². The van der Waals surface area contributed by atoms with E-state index in [0.29, 0.717) is 11.5 Å². The molecule has 1 aromatic heterocycles. The maximum atomic E-state index is 13.0. The first kappa shape index (κ1) is 18.7. The number of hydrogen-bond acceptors (Lipinski definition) is 5. The van der Waals surface area contributed by atoms with Crippen LogP contribution in [0.15, 0.2) is 36.4 Å². The van der Waals surface area contributed by atoms with Crippen molar-refractivity contribution in [1.82, 2.24) is 14.9 Å². The molecule has 2 aromatic rings. The van der Waals surface area contributed by atoms with Gasteiger partial charge in [0, 0.05) is 51.0 Å². The minimum absolute atomic E-state index is 0.0524. The van der Waals surface area contributed by atoms with Gasteiger partial charge in [-0.2, -0.15) is 0 Å². The summed E-state index contributed by atoms with van der Waals surface area (Å²) in [5.74, 6) is 1.59. The summed E-state index contributed by atoms with van der Waals surface area (Å²) in [7, 11) is 0. The van der Waals surface area contributed by atoms with Gasteiger partial charge in [0.25, 0.3) is 5.91 Å². The second kappa shape index (κ2) is 8.59. The van der Waals surface area contributed by atoms with Crippen molar-refractivity contribution in [3.8, 4) is 0 Å². The first-order valence-corrected chi connectivity index (χ1v) is 10.4. The van der Waals surface area contributed by atoms with E-state index >= 15 is 0 Å². The number of piperazine rings is 1. The Morgan fingerprint density at radius 2 is 1.46 bits per heavy atom. The predicted octanol–water partition coefficient (Wildman–Crippen LogP) is 3.13. The van der Waals surface area contributed by atoms with Crippen LogP contribution in [-0.4, -0.2) is 60.0 Å². The standard InChI is InChI=1S/C22H29N5O/c1-18-23-20(22(28)27-11-7-2-3-8-12-27)17-21(24-18)26-15-13-25(14-16-26)19-9-5-4-6-10-19/h4-6,9-10,17H,2-3,7-8,11-16H2,1H3. The maximum absolute atomic E-state index is 13.0. The molecule has 0 atom stereocenters. The van der Waals surface area contributed by atoms with E-state index in [1.165, 1.54) is 18.5 Å². The van der Waals surface area contributed by atoms with Crippen LogP contribution in [0.2, 0.25) is 0 Å². The Hall–Kier alpha value is -2.63. The van der Waals surface area contributed by atoms with Gasteiger partial charge in [-0.1, -0.05) is 31.0 Å². The summed E-state index contributed by atoms with van der Waals surface area (Å²) in [4.78, 5) is 28.7. The third-order valence-corrected chi connectivity index (χ3v) is 5.66. The van der Waals surface area contributed by atoms with Gasteiger partial charge >= 0.3 is 0 Å². The second-order valence-corrected chi connectivity index (χ2v) is 7.67. The fourth-order valence-corrected chi connectivity index (χ4v) is 4.09. The van der Waals surface area contributed by atoms with Gasteiger partial charge in [-0.3, -0.25) is 4.79 Å². The molecule has 1 aromatic carbocycles. The molecule has 0 N–H and O–H groups in total. The Kier molecular flexibility index (Phi) is 5.74. The summed E-state index contributed by atoms with van der Waals surface area (Å²) < 4.78 is 0. The summed E-state index contributed by atoms with van der Waals surface area (Å²) in [6, 6.07) is 12.4. The highest BCUT2D eigenvalue weighted by Gasteiger charge is 2.23. The lowest BCUT2D eigenvalue weighted by Gasteiger charge is -2.36. The maximum Gasteiger partial charge on any atom is 0.272 e. The molecule has 6 nitrogen and oxygen atoms in total. The molecule has 0 aliphatic carbocycles. The average Bonchev–Trinajstić information content (AvgIpc) is 3.03. The lowest BCUT2D eigenvalue weighted by molar-refractivity contribution is 0.0755. The fraction of sp³-hybridized carbons (Fsp3) is 0.500. The normalized spacial score (nSPS) is 18.1. The van der Waals surface area contributed by atoms with Crippen LogP contribution in [0, 0.1) is 6.92 Å². The van der Waals surface area contributed by atoms with Gasteiger partial charge in [0.05, 0.1) is 0 Å². The molecule has 1 amide bonds. The van der Waals surface area contributed by atoms with E-state index in [2.05, 4.69) is 44.0 Å². The third kappa shape index (κ3) is 4.26. The quantitative estimate of drug-likeness (QED) is 0.820. The predicted molar refractivity (Wildman–Crippen MR) is 112 cm³/mol. The number of aromatic nitrogens is 2. The number of carbonyl (C=O) groups excluding carboxylic acids is 1. The van der Waals surface area contributed by atoms with Crippen molar-refractivity contribution in [2.45, 2.75) is 32.6 Å².